The number of carbonyl (C=O) groups excluding carboxylic acids is 1. The summed E-state index contributed by atoms with van der Waals surface area (Å²) in [6, 6.07) is -1.13. The fourth-order valence-electron chi connectivity index (χ4n) is 0.614. The van der Waals surface area contributed by atoms with Crippen LogP contribution in [0.15, 0.2) is 0 Å². The van der Waals surface area contributed by atoms with Crippen molar-refractivity contribution in [2.24, 2.45) is 5.73 Å². The van der Waals surface area contributed by atoms with E-state index in [2.05, 4.69) is 0 Å². The van der Waals surface area contributed by atoms with Gasteiger partial charge in [-0.15, -0.1) is 0 Å². The van der Waals surface area contributed by atoms with Crippen molar-refractivity contribution >= 4 is 6.29 Å². The first-order chi connectivity index (χ1) is 5.00. The average molecular weight is 163 g/mol. The molecule has 0 aliphatic carbocycles. The normalized spacial score (nSPS) is 21.9. The number of hydrogen-bond acceptors (Lipinski definition) is 5. The molecule has 0 spiro atoms. The number of aldehydes is 1. The summed E-state index contributed by atoms with van der Waals surface area (Å²) in [6.45, 7) is 1.32. The molecule has 0 aliphatic heterocycles. The van der Waals surface area contributed by atoms with E-state index in [-0.39, 0.29) is 6.29 Å². The number of rotatable bonds is 4. The van der Waals surface area contributed by atoms with Crippen LogP contribution in [-0.4, -0.2) is 46.0 Å². The SMILES string of the molecule is C[C@H](O)[C@H](O)[C@@H](N)[C@H](O)C=O. The van der Waals surface area contributed by atoms with Gasteiger partial charge in [0.25, 0.3) is 0 Å². The van der Waals surface area contributed by atoms with Crippen molar-refractivity contribution in [3.8, 4) is 0 Å². The summed E-state index contributed by atoms with van der Waals surface area (Å²) in [4.78, 5) is 9.95. The Morgan fingerprint density at radius 1 is 1.36 bits per heavy atom. The monoisotopic (exact) mass is 163 g/mol. The van der Waals surface area contributed by atoms with E-state index in [0.717, 1.165) is 0 Å². The lowest BCUT2D eigenvalue weighted by Gasteiger charge is -2.22. The van der Waals surface area contributed by atoms with Crippen LogP contribution in [0.3, 0.4) is 0 Å². The summed E-state index contributed by atoms with van der Waals surface area (Å²) < 4.78 is 0. The van der Waals surface area contributed by atoms with Gasteiger partial charge in [-0.1, -0.05) is 0 Å². The molecule has 0 saturated carbocycles. The zero-order valence-corrected chi connectivity index (χ0v) is 6.21. The molecule has 5 nitrogen and oxygen atoms in total. The quantitative estimate of drug-likeness (QED) is 0.346. The molecule has 0 radical (unpaired) electrons. The molecule has 66 valence electrons. The molecule has 5 N–H and O–H groups in total. The fraction of sp³-hybridized carbons (Fsp3) is 0.833. The molecule has 11 heavy (non-hydrogen) atoms. The van der Waals surface area contributed by atoms with Gasteiger partial charge in [0, 0.05) is 0 Å². The maximum atomic E-state index is 9.95. The Kier molecular flexibility index (Phi) is 4.20. The molecule has 0 bridgehead atoms. The Bertz CT molecular complexity index is 128. The molecule has 0 amide bonds. The van der Waals surface area contributed by atoms with Gasteiger partial charge in [0.1, 0.15) is 12.4 Å². The summed E-state index contributed by atoms with van der Waals surface area (Å²) >= 11 is 0. The van der Waals surface area contributed by atoms with Crippen LogP contribution in [0.4, 0.5) is 0 Å². The van der Waals surface area contributed by atoms with Crippen LogP contribution in [-0.2, 0) is 4.79 Å². The zero-order valence-electron chi connectivity index (χ0n) is 6.21. The highest BCUT2D eigenvalue weighted by atomic mass is 16.3. The fourth-order valence-corrected chi connectivity index (χ4v) is 0.614. The van der Waals surface area contributed by atoms with Gasteiger partial charge in [0.05, 0.1) is 18.2 Å². The van der Waals surface area contributed by atoms with Gasteiger partial charge in [0.2, 0.25) is 0 Å². The number of aliphatic hydroxyl groups excluding tert-OH is 3. The minimum Gasteiger partial charge on any atom is -0.391 e. The topological polar surface area (TPSA) is 104 Å². The minimum atomic E-state index is -1.43. The van der Waals surface area contributed by atoms with Gasteiger partial charge >= 0.3 is 0 Å². The maximum absolute atomic E-state index is 9.95. The van der Waals surface area contributed by atoms with Gasteiger partial charge in [-0.25, -0.2) is 0 Å². The van der Waals surface area contributed by atoms with E-state index < -0.39 is 24.4 Å². The lowest BCUT2D eigenvalue weighted by Crippen LogP contribution is -2.50. The van der Waals surface area contributed by atoms with Crippen molar-refractivity contribution in [3.63, 3.8) is 0 Å². The molecule has 4 atom stereocenters. The molecule has 0 aliphatic rings. The van der Waals surface area contributed by atoms with Crippen LogP contribution < -0.4 is 5.73 Å². The van der Waals surface area contributed by atoms with Gasteiger partial charge < -0.3 is 25.8 Å². The van der Waals surface area contributed by atoms with Crippen molar-refractivity contribution in [1.29, 1.82) is 0 Å². The Morgan fingerprint density at radius 3 is 2.09 bits per heavy atom. The van der Waals surface area contributed by atoms with Crippen LogP contribution in [0.2, 0.25) is 0 Å². The number of carbonyl (C=O) groups is 1. The minimum absolute atomic E-state index is 0.219. The Labute approximate surface area is 64.4 Å². The molecule has 0 heterocycles. The van der Waals surface area contributed by atoms with Crippen LogP contribution in [0.1, 0.15) is 6.92 Å². The summed E-state index contributed by atoms with van der Waals surface area (Å²) in [5.74, 6) is 0. The molecule has 0 saturated heterocycles. The van der Waals surface area contributed by atoms with Crippen molar-refractivity contribution in [3.05, 3.63) is 0 Å². The first kappa shape index (κ1) is 10.5. The predicted molar refractivity (Wildman–Crippen MR) is 37.7 cm³/mol. The lowest BCUT2D eigenvalue weighted by molar-refractivity contribution is -0.118. The molecule has 0 fully saturated rings. The third kappa shape index (κ3) is 2.94. The molecular formula is C6H13NO4. The molecule has 0 aromatic rings. The van der Waals surface area contributed by atoms with Gasteiger partial charge in [-0.05, 0) is 6.92 Å². The average Bonchev–Trinajstić information content (AvgIpc) is 2.00. The van der Waals surface area contributed by atoms with E-state index in [1.807, 2.05) is 0 Å². The number of hydrogen-bond donors (Lipinski definition) is 4. The van der Waals surface area contributed by atoms with E-state index in [0.29, 0.717) is 0 Å². The molecular weight excluding hydrogens is 150 g/mol. The first-order valence-corrected chi connectivity index (χ1v) is 3.25. The second-order valence-electron chi connectivity index (χ2n) is 2.44. The zero-order chi connectivity index (χ0) is 9.02. The van der Waals surface area contributed by atoms with Crippen LogP contribution in [0.25, 0.3) is 0 Å². The van der Waals surface area contributed by atoms with E-state index in [1.165, 1.54) is 6.92 Å². The number of nitrogens with two attached hydrogens (primary N) is 1. The largest absolute Gasteiger partial charge is 0.391 e. The third-order valence-electron chi connectivity index (χ3n) is 1.42. The van der Waals surface area contributed by atoms with E-state index in [4.69, 9.17) is 21.1 Å². The maximum Gasteiger partial charge on any atom is 0.150 e. The van der Waals surface area contributed by atoms with E-state index >= 15 is 0 Å². The summed E-state index contributed by atoms with van der Waals surface area (Å²) in [5.41, 5.74) is 5.18. The Morgan fingerprint density at radius 2 is 1.82 bits per heavy atom. The van der Waals surface area contributed by atoms with Gasteiger partial charge in [-0.3, -0.25) is 0 Å². The van der Waals surface area contributed by atoms with Crippen molar-refractivity contribution < 1.29 is 20.1 Å². The summed E-state index contributed by atoms with van der Waals surface area (Å²) in [6.07, 6.45) is -3.55. The second kappa shape index (κ2) is 4.40. The highest BCUT2D eigenvalue weighted by molar-refractivity contribution is 5.57. The molecule has 0 rings (SSSR count). The van der Waals surface area contributed by atoms with Crippen molar-refractivity contribution in [2.45, 2.75) is 31.3 Å². The van der Waals surface area contributed by atoms with Crippen molar-refractivity contribution in [1.82, 2.24) is 0 Å². The van der Waals surface area contributed by atoms with Crippen LogP contribution in [0.5, 0.6) is 0 Å². The van der Waals surface area contributed by atoms with E-state index in [9.17, 15) is 4.79 Å². The van der Waals surface area contributed by atoms with Gasteiger partial charge in [0.15, 0.2) is 0 Å². The predicted octanol–water partition coefficient (Wildman–Crippen LogP) is -2.38. The molecule has 0 aromatic carbocycles. The molecule has 0 aromatic heterocycles. The second-order valence-corrected chi connectivity index (χ2v) is 2.44. The summed E-state index contributed by atoms with van der Waals surface area (Å²) in [7, 11) is 0. The Hall–Kier alpha value is -0.490. The third-order valence-corrected chi connectivity index (χ3v) is 1.42. The number of aliphatic hydroxyl groups is 3. The molecule has 5 heteroatoms. The Balaban J connectivity index is 4.00. The first-order valence-electron chi connectivity index (χ1n) is 3.25. The van der Waals surface area contributed by atoms with Gasteiger partial charge in [-0.2, -0.15) is 0 Å². The summed E-state index contributed by atoms with van der Waals surface area (Å²) in [5, 5.41) is 26.6. The lowest BCUT2D eigenvalue weighted by atomic mass is 10.0. The van der Waals surface area contributed by atoms with Crippen LogP contribution >= 0.6 is 0 Å². The van der Waals surface area contributed by atoms with Crippen LogP contribution in [0, 0.1) is 0 Å². The highest BCUT2D eigenvalue weighted by Gasteiger charge is 2.25. The smallest absolute Gasteiger partial charge is 0.150 e. The molecule has 0 unspecified atom stereocenters. The van der Waals surface area contributed by atoms with Crippen molar-refractivity contribution in [2.75, 3.05) is 0 Å². The standard InChI is InChI=1S/C6H13NO4/c1-3(9)6(11)5(7)4(10)2-8/h2-6,9-11H,7H2,1H3/t3-,4+,5-,6-/m0/s1. The van der Waals surface area contributed by atoms with E-state index in [1.54, 1.807) is 0 Å². The highest BCUT2D eigenvalue weighted by Crippen LogP contribution is 2.00.